The van der Waals surface area contributed by atoms with Gasteiger partial charge in [0.1, 0.15) is 6.61 Å². The molecular weight excluding hydrogens is 274 g/mol. The average molecular weight is 291 g/mol. The molecule has 0 saturated carbocycles. The van der Waals surface area contributed by atoms with Crippen LogP contribution in [-0.4, -0.2) is 28.3 Å². The Kier molecular flexibility index (Phi) is 3.95. The summed E-state index contributed by atoms with van der Waals surface area (Å²) in [7, 11) is 0. The van der Waals surface area contributed by atoms with Crippen molar-refractivity contribution in [2.45, 2.75) is 26.4 Å². The SMILES string of the molecule is CC(C)(C)OCC(=O)Nc1cccc2c(=O)[nH][nH]c(=O)c12. The molecule has 0 aliphatic rings. The molecule has 7 nitrogen and oxygen atoms in total. The molecule has 3 N–H and O–H groups in total. The van der Waals surface area contributed by atoms with E-state index in [1.807, 2.05) is 20.8 Å². The van der Waals surface area contributed by atoms with Crippen LogP contribution < -0.4 is 16.4 Å². The van der Waals surface area contributed by atoms with Crippen molar-refractivity contribution in [3.63, 3.8) is 0 Å². The number of aromatic nitrogens is 2. The van der Waals surface area contributed by atoms with Crippen LogP contribution in [0.2, 0.25) is 0 Å². The lowest BCUT2D eigenvalue weighted by Crippen LogP contribution is -2.28. The Morgan fingerprint density at radius 3 is 2.52 bits per heavy atom. The van der Waals surface area contributed by atoms with Gasteiger partial charge in [-0.15, -0.1) is 0 Å². The van der Waals surface area contributed by atoms with Crippen LogP contribution in [0.3, 0.4) is 0 Å². The van der Waals surface area contributed by atoms with Crippen LogP contribution >= 0.6 is 0 Å². The number of H-pyrrole nitrogens is 2. The van der Waals surface area contributed by atoms with Crippen LogP contribution in [0, 0.1) is 0 Å². The Labute approximate surface area is 120 Å². The molecule has 2 rings (SSSR count). The van der Waals surface area contributed by atoms with Crippen LogP contribution in [0.25, 0.3) is 10.8 Å². The summed E-state index contributed by atoms with van der Waals surface area (Å²) in [5, 5.41) is 7.42. The second-order valence-corrected chi connectivity index (χ2v) is 5.59. The number of ether oxygens (including phenoxy) is 1. The van der Waals surface area contributed by atoms with Gasteiger partial charge in [0.2, 0.25) is 5.91 Å². The van der Waals surface area contributed by atoms with Gasteiger partial charge in [-0.05, 0) is 32.9 Å². The van der Waals surface area contributed by atoms with Gasteiger partial charge >= 0.3 is 0 Å². The van der Waals surface area contributed by atoms with Crippen LogP contribution in [0.1, 0.15) is 20.8 Å². The third-order valence-electron chi connectivity index (χ3n) is 2.74. The summed E-state index contributed by atoms with van der Waals surface area (Å²) in [6.45, 7) is 5.37. The summed E-state index contributed by atoms with van der Waals surface area (Å²) >= 11 is 0. The molecule has 0 atom stereocenters. The molecule has 0 unspecified atom stereocenters. The summed E-state index contributed by atoms with van der Waals surface area (Å²) in [6, 6.07) is 4.67. The van der Waals surface area contributed by atoms with Crippen LogP contribution in [0.15, 0.2) is 27.8 Å². The van der Waals surface area contributed by atoms with E-state index in [0.717, 1.165) is 0 Å². The molecule has 0 saturated heterocycles. The Hall–Kier alpha value is -2.41. The number of carbonyl (C=O) groups is 1. The lowest BCUT2D eigenvalue weighted by atomic mass is 10.1. The first-order chi connectivity index (χ1) is 9.78. The quantitative estimate of drug-likeness (QED) is 0.783. The summed E-state index contributed by atoms with van der Waals surface area (Å²) in [4.78, 5) is 35.4. The number of fused-ring (bicyclic) bond motifs is 1. The minimum atomic E-state index is -0.475. The smallest absolute Gasteiger partial charge is 0.272 e. The van der Waals surface area contributed by atoms with Crippen LogP contribution in [0.4, 0.5) is 5.69 Å². The maximum atomic E-state index is 11.9. The van der Waals surface area contributed by atoms with E-state index in [2.05, 4.69) is 15.5 Å². The highest BCUT2D eigenvalue weighted by molar-refractivity contribution is 6.01. The molecule has 0 bridgehead atoms. The number of carbonyl (C=O) groups excluding carboxylic acids is 1. The number of anilines is 1. The standard InChI is InChI=1S/C14H17N3O4/c1-14(2,3)21-7-10(18)15-9-6-4-5-8-11(9)13(20)17-16-12(8)19/h4-6H,7H2,1-3H3,(H,15,18)(H,16,19)(H,17,20). The molecule has 2 aromatic rings. The second-order valence-electron chi connectivity index (χ2n) is 5.59. The first-order valence-corrected chi connectivity index (χ1v) is 6.45. The van der Waals surface area contributed by atoms with Crippen molar-refractivity contribution in [1.29, 1.82) is 0 Å². The molecule has 7 heteroatoms. The maximum Gasteiger partial charge on any atom is 0.272 e. The third kappa shape index (κ3) is 3.57. The Balaban J connectivity index is 2.31. The zero-order valence-corrected chi connectivity index (χ0v) is 12.1. The Bertz CT molecular complexity index is 783. The van der Waals surface area contributed by atoms with Gasteiger partial charge in [0.05, 0.1) is 22.1 Å². The fourth-order valence-corrected chi connectivity index (χ4v) is 1.80. The molecule has 1 amide bonds. The zero-order valence-electron chi connectivity index (χ0n) is 12.1. The highest BCUT2D eigenvalue weighted by Gasteiger charge is 2.15. The molecule has 0 radical (unpaired) electrons. The van der Waals surface area contributed by atoms with Crippen molar-refractivity contribution in [3.05, 3.63) is 38.9 Å². The van der Waals surface area contributed by atoms with E-state index in [0.29, 0.717) is 0 Å². The normalized spacial score (nSPS) is 11.6. The molecule has 1 heterocycles. The number of rotatable bonds is 3. The van der Waals surface area contributed by atoms with Crippen molar-refractivity contribution in [3.8, 4) is 0 Å². The van der Waals surface area contributed by atoms with Crippen LogP contribution in [-0.2, 0) is 9.53 Å². The van der Waals surface area contributed by atoms with Gasteiger partial charge in [-0.25, -0.2) is 0 Å². The Morgan fingerprint density at radius 1 is 1.19 bits per heavy atom. The molecule has 21 heavy (non-hydrogen) atoms. The van der Waals surface area contributed by atoms with E-state index in [-0.39, 0.29) is 23.1 Å². The summed E-state index contributed by atoms with van der Waals surface area (Å²) < 4.78 is 5.36. The number of nitrogens with one attached hydrogen (secondary N) is 3. The lowest BCUT2D eigenvalue weighted by Gasteiger charge is -2.19. The molecule has 0 aliphatic carbocycles. The number of aromatic amines is 2. The molecule has 1 aromatic carbocycles. The summed E-state index contributed by atoms with van der Waals surface area (Å²) in [5.41, 5.74) is -1.06. The molecule has 1 aromatic heterocycles. The fraction of sp³-hybridized carbons (Fsp3) is 0.357. The van der Waals surface area contributed by atoms with E-state index < -0.39 is 22.6 Å². The minimum Gasteiger partial charge on any atom is -0.366 e. The van der Waals surface area contributed by atoms with Gasteiger partial charge in [0.15, 0.2) is 0 Å². The molecule has 0 fully saturated rings. The van der Waals surface area contributed by atoms with Gasteiger partial charge in [-0.2, -0.15) is 0 Å². The van der Waals surface area contributed by atoms with E-state index in [9.17, 15) is 14.4 Å². The van der Waals surface area contributed by atoms with Crippen molar-refractivity contribution in [2.24, 2.45) is 0 Å². The Morgan fingerprint density at radius 2 is 1.86 bits per heavy atom. The lowest BCUT2D eigenvalue weighted by molar-refractivity contribution is -0.125. The van der Waals surface area contributed by atoms with Gasteiger partial charge < -0.3 is 10.1 Å². The van der Waals surface area contributed by atoms with Crippen molar-refractivity contribution in [2.75, 3.05) is 11.9 Å². The largest absolute Gasteiger partial charge is 0.366 e. The predicted molar refractivity (Wildman–Crippen MR) is 79.5 cm³/mol. The van der Waals surface area contributed by atoms with Gasteiger partial charge in [-0.1, -0.05) is 6.07 Å². The van der Waals surface area contributed by atoms with Gasteiger partial charge in [0.25, 0.3) is 11.1 Å². The van der Waals surface area contributed by atoms with Crippen molar-refractivity contribution >= 4 is 22.4 Å². The van der Waals surface area contributed by atoms with E-state index in [4.69, 9.17) is 4.74 Å². The molecule has 112 valence electrons. The van der Waals surface area contributed by atoms with Gasteiger partial charge in [-0.3, -0.25) is 24.6 Å². The predicted octanol–water partition coefficient (Wildman–Crippen LogP) is 0.970. The third-order valence-corrected chi connectivity index (χ3v) is 2.74. The highest BCUT2D eigenvalue weighted by atomic mass is 16.5. The van der Waals surface area contributed by atoms with E-state index >= 15 is 0 Å². The molecule has 0 aliphatic heterocycles. The first-order valence-electron chi connectivity index (χ1n) is 6.45. The summed E-state index contributed by atoms with van der Waals surface area (Å²) in [6.07, 6.45) is 0. The maximum absolute atomic E-state index is 11.9. The fourth-order valence-electron chi connectivity index (χ4n) is 1.80. The van der Waals surface area contributed by atoms with Crippen molar-refractivity contribution in [1.82, 2.24) is 10.2 Å². The molecule has 0 spiro atoms. The number of amides is 1. The molecular formula is C14H17N3O4. The van der Waals surface area contributed by atoms with Crippen molar-refractivity contribution < 1.29 is 9.53 Å². The number of hydrogen-bond donors (Lipinski definition) is 3. The summed E-state index contributed by atoms with van der Waals surface area (Å²) in [5.74, 6) is -0.392. The highest BCUT2D eigenvalue weighted by Crippen LogP contribution is 2.16. The first kappa shape index (κ1) is 15.0. The van der Waals surface area contributed by atoms with Crippen LogP contribution in [0.5, 0.6) is 0 Å². The topological polar surface area (TPSA) is 104 Å². The van der Waals surface area contributed by atoms with Gasteiger partial charge in [0, 0.05) is 0 Å². The average Bonchev–Trinajstić information content (AvgIpc) is 2.40. The zero-order chi connectivity index (χ0) is 15.6. The monoisotopic (exact) mass is 291 g/mol. The second kappa shape index (κ2) is 5.53. The van der Waals surface area contributed by atoms with E-state index in [1.165, 1.54) is 6.07 Å². The van der Waals surface area contributed by atoms with E-state index in [1.54, 1.807) is 12.1 Å². The minimum absolute atomic E-state index is 0.138. The number of benzene rings is 1. The number of hydrogen-bond acceptors (Lipinski definition) is 4.